The average Bonchev–Trinajstić information content (AvgIpc) is 2.83. The minimum absolute atomic E-state index is 0.281. The maximum Gasteiger partial charge on any atom is 0.262 e. The largest absolute Gasteiger partial charge is 0.385 e. The Hall–Kier alpha value is -2.02. The molecule has 20 heavy (non-hydrogen) atoms. The van der Waals surface area contributed by atoms with Crippen LogP contribution in [0.1, 0.15) is 12.0 Å². The lowest BCUT2D eigenvalue weighted by atomic mass is 10.0. The van der Waals surface area contributed by atoms with E-state index in [4.69, 9.17) is 0 Å². The second-order valence-electron chi connectivity index (χ2n) is 4.86. The Bertz CT molecular complexity index is 737. The summed E-state index contributed by atoms with van der Waals surface area (Å²) in [5, 5.41) is 7.21. The fourth-order valence-corrected chi connectivity index (χ4v) is 3.38. The van der Waals surface area contributed by atoms with Gasteiger partial charge >= 0.3 is 0 Å². The van der Waals surface area contributed by atoms with E-state index in [1.54, 1.807) is 30.1 Å². The normalized spacial score (nSPS) is 14.4. The summed E-state index contributed by atoms with van der Waals surface area (Å²) in [6.45, 7) is 0.938. The van der Waals surface area contributed by atoms with Crippen LogP contribution in [0.15, 0.2) is 35.5 Å². The lowest BCUT2D eigenvalue weighted by molar-refractivity contribution is 0.601. The second-order valence-corrected chi connectivity index (χ2v) is 6.54. The van der Waals surface area contributed by atoms with Gasteiger partial charge in [-0.3, -0.25) is 9.40 Å². The molecule has 0 fully saturated rings. The molecule has 0 saturated heterocycles. The third-order valence-electron chi connectivity index (χ3n) is 3.28. The predicted octanol–water partition coefficient (Wildman–Crippen LogP) is 1.58. The van der Waals surface area contributed by atoms with Crippen LogP contribution in [0.25, 0.3) is 0 Å². The maximum atomic E-state index is 12.3. The number of aromatic nitrogens is 2. The second kappa shape index (κ2) is 4.82. The number of sulfonamides is 1. The first-order valence-corrected chi connectivity index (χ1v) is 7.91. The van der Waals surface area contributed by atoms with Gasteiger partial charge in [0, 0.05) is 25.5 Å². The molecule has 2 heterocycles. The predicted molar refractivity (Wildman–Crippen MR) is 77.3 cm³/mol. The van der Waals surface area contributed by atoms with Gasteiger partial charge in [0.2, 0.25) is 0 Å². The number of anilines is 2. The molecular formula is C13H16N4O2S. The summed E-state index contributed by atoms with van der Waals surface area (Å²) in [5.74, 6) is 0. The zero-order valence-electron chi connectivity index (χ0n) is 11.1. The number of hydrogen-bond donors (Lipinski definition) is 2. The Kier molecular flexibility index (Phi) is 3.13. The zero-order valence-corrected chi connectivity index (χ0v) is 11.9. The molecule has 0 radical (unpaired) electrons. The Labute approximate surface area is 117 Å². The molecule has 1 aromatic carbocycles. The van der Waals surface area contributed by atoms with Crippen LogP contribution < -0.4 is 10.0 Å². The number of rotatable bonds is 3. The highest BCUT2D eigenvalue weighted by molar-refractivity contribution is 7.92. The van der Waals surface area contributed by atoms with Gasteiger partial charge in [-0.2, -0.15) is 5.10 Å². The van der Waals surface area contributed by atoms with Crippen molar-refractivity contribution in [2.45, 2.75) is 17.7 Å². The molecule has 0 amide bonds. The van der Waals surface area contributed by atoms with Crippen molar-refractivity contribution in [3.63, 3.8) is 0 Å². The van der Waals surface area contributed by atoms with E-state index in [9.17, 15) is 8.42 Å². The van der Waals surface area contributed by atoms with Crippen molar-refractivity contribution >= 4 is 21.4 Å². The molecule has 0 atom stereocenters. The van der Waals surface area contributed by atoms with E-state index < -0.39 is 10.0 Å². The van der Waals surface area contributed by atoms with E-state index in [1.165, 1.54) is 6.20 Å². The third-order valence-corrected chi connectivity index (χ3v) is 4.66. The lowest BCUT2D eigenvalue weighted by Crippen LogP contribution is -2.15. The number of benzene rings is 1. The van der Waals surface area contributed by atoms with Crippen molar-refractivity contribution in [2.24, 2.45) is 7.05 Å². The van der Waals surface area contributed by atoms with Crippen molar-refractivity contribution < 1.29 is 8.42 Å². The van der Waals surface area contributed by atoms with Crippen LogP contribution in [0.2, 0.25) is 0 Å². The molecule has 2 N–H and O–H groups in total. The molecular weight excluding hydrogens is 276 g/mol. The molecule has 6 nitrogen and oxygen atoms in total. The van der Waals surface area contributed by atoms with Gasteiger partial charge in [0.05, 0.1) is 16.8 Å². The minimum Gasteiger partial charge on any atom is -0.385 e. The van der Waals surface area contributed by atoms with Gasteiger partial charge in [-0.15, -0.1) is 0 Å². The highest BCUT2D eigenvalue weighted by Gasteiger charge is 2.18. The Morgan fingerprint density at radius 3 is 3.00 bits per heavy atom. The topological polar surface area (TPSA) is 76.0 Å². The van der Waals surface area contributed by atoms with Crippen molar-refractivity contribution in [3.05, 3.63) is 36.2 Å². The molecule has 1 aliphatic rings. The van der Waals surface area contributed by atoms with Crippen molar-refractivity contribution in [1.29, 1.82) is 0 Å². The van der Waals surface area contributed by atoms with E-state index in [1.807, 2.05) is 6.07 Å². The standard InChI is InChI=1S/C13H16N4O2S/c1-17-9-11(8-15-17)16-20(18,19)12-4-5-13-10(7-12)3-2-6-14-13/h4-5,7-9,14,16H,2-3,6H2,1H3. The molecule has 0 spiro atoms. The van der Waals surface area contributed by atoms with Gasteiger partial charge in [0.1, 0.15) is 0 Å². The fraction of sp³-hybridized carbons (Fsp3) is 0.308. The van der Waals surface area contributed by atoms with Crippen LogP contribution in [0.4, 0.5) is 11.4 Å². The van der Waals surface area contributed by atoms with Gasteiger partial charge in [0.25, 0.3) is 10.0 Å². The zero-order chi connectivity index (χ0) is 14.2. The summed E-state index contributed by atoms with van der Waals surface area (Å²) >= 11 is 0. The maximum absolute atomic E-state index is 12.3. The first-order valence-electron chi connectivity index (χ1n) is 6.43. The Morgan fingerprint density at radius 2 is 2.25 bits per heavy atom. The molecule has 0 saturated carbocycles. The minimum atomic E-state index is -3.56. The van der Waals surface area contributed by atoms with Crippen molar-refractivity contribution in [1.82, 2.24) is 9.78 Å². The SMILES string of the molecule is Cn1cc(NS(=O)(=O)c2ccc3c(c2)CCCN3)cn1. The average molecular weight is 292 g/mol. The van der Waals surface area contributed by atoms with Crippen LogP contribution in [0, 0.1) is 0 Å². The summed E-state index contributed by atoms with van der Waals surface area (Å²) in [6, 6.07) is 5.18. The van der Waals surface area contributed by atoms with E-state index in [0.717, 1.165) is 30.6 Å². The van der Waals surface area contributed by atoms with E-state index in [0.29, 0.717) is 5.69 Å². The molecule has 106 valence electrons. The Morgan fingerprint density at radius 1 is 1.40 bits per heavy atom. The van der Waals surface area contributed by atoms with E-state index in [-0.39, 0.29) is 4.90 Å². The van der Waals surface area contributed by atoms with Crippen LogP contribution in [-0.4, -0.2) is 24.7 Å². The van der Waals surface area contributed by atoms with Crippen LogP contribution >= 0.6 is 0 Å². The number of aryl methyl sites for hydroxylation is 2. The molecule has 0 bridgehead atoms. The lowest BCUT2D eigenvalue weighted by Gasteiger charge is -2.18. The first kappa shape index (κ1) is 13.0. The van der Waals surface area contributed by atoms with Crippen LogP contribution in [-0.2, 0) is 23.5 Å². The van der Waals surface area contributed by atoms with E-state index in [2.05, 4.69) is 15.1 Å². The number of hydrogen-bond acceptors (Lipinski definition) is 4. The monoisotopic (exact) mass is 292 g/mol. The fourth-order valence-electron chi connectivity index (χ4n) is 2.31. The third kappa shape index (κ3) is 2.49. The number of nitrogens with zero attached hydrogens (tertiary/aromatic N) is 2. The van der Waals surface area contributed by atoms with Gasteiger partial charge in [-0.05, 0) is 36.6 Å². The highest BCUT2D eigenvalue weighted by atomic mass is 32.2. The molecule has 1 aromatic heterocycles. The molecule has 7 heteroatoms. The summed E-state index contributed by atoms with van der Waals surface area (Å²) in [4.78, 5) is 0.281. The quantitative estimate of drug-likeness (QED) is 0.900. The number of nitrogens with one attached hydrogen (secondary N) is 2. The molecule has 3 rings (SSSR count). The molecule has 0 unspecified atom stereocenters. The Balaban J connectivity index is 1.91. The number of fused-ring (bicyclic) bond motifs is 1. The summed E-state index contributed by atoms with van der Waals surface area (Å²) in [7, 11) is -1.83. The van der Waals surface area contributed by atoms with E-state index >= 15 is 0 Å². The van der Waals surface area contributed by atoms with Crippen LogP contribution in [0.5, 0.6) is 0 Å². The van der Waals surface area contributed by atoms with Crippen LogP contribution in [0.3, 0.4) is 0 Å². The summed E-state index contributed by atoms with van der Waals surface area (Å²) in [5.41, 5.74) is 2.53. The molecule has 1 aliphatic heterocycles. The highest BCUT2D eigenvalue weighted by Crippen LogP contribution is 2.25. The van der Waals surface area contributed by atoms with Crippen molar-refractivity contribution in [3.8, 4) is 0 Å². The summed E-state index contributed by atoms with van der Waals surface area (Å²) < 4.78 is 28.7. The van der Waals surface area contributed by atoms with Gasteiger partial charge in [-0.25, -0.2) is 8.42 Å². The van der Waals surface area contributed by atoms with Gasteiger partial charge in [0.15, 0.2) is 0 Å². The summed E-state index contributed by atoms with van der Waals surface area (Å²) in [6.07, 6.45) is 5.03. The van der Waals surface area contributed by atoms with Gasteiger partial charge < -0.3 is 5.32 Å². The van der Waals surface area contributed by atoms with Crippen molar-refractivity contribution in [2.75, 3.05) is 16.6 Å². The first-order chi connectivity index (χ1) is 9.54. The van der Waals surface area contributed by atoms with Gasteiger partial charge in [-0.1, -0.05) is 0 Å². The smallest absolute Gasteiger partial charge is 0.262 e. The molecule has 0 aliphatic carbocycles. The molecule has 2 aromatic rings.